The first-order chi connectivity index (χ1) is 11.1. The minimum absolute atomic E-state index is 0.173. The van der Waals surface area contributed by atoms with Gasteiger partial charge in [0.25, 0.3) is 0 Å². The third-order valence-electron chi connectivity index (χ3n) is 3.83. The van der Waals surface area contributed by atoms with Crippen LogP contribution in [0, 0.1) is 0 Å². The van der Waals surface area contributed by atoms with E-state index >= 15 is 0 Å². The van der Waals surface area contributed by atoms with Gasteiger partial charge in [-0.2, -0.15) is 0 Å². The molecule has 24 heavy (non-hydrogen) atoms. The lowest BCUT2D eigenvalue weighted by atomic mass is 10.0. The van der Waals surface area contributed by atoms with Crippen molar-refractivity contribution in [1.82, 2.24) is 4.98 Å². The van der Waals surface area contributed by atoms with Crippen molar-refractivity contribution in [2.75, 3.05) is 18.1 Å². The van der Waals surface area contributed by atoms with Crippen molar-refractivity contribution < 1.29 is 33.1 Å². The van der Waals surface area contributed by atoms with Gasteiger partial charge in [-0.1, -0.05) is 0 Å². The van der Waals surface area contributed by atoms with Crippen LogP contribution < -0.4 is 21.3 Å². The van der Waals surface area contributed by atoms with Crippen LogP contribution >= 0.6 is 7.82 Å². The van der Waals surface area contributed by atoms with Crippen molar-refractivity contribution >= 4 is 19.5 Å². The molecule has 4 N–H and O–H groups in total. The summed E-state index contributed by atoms with van der Waals surface area (Å²) in [6.07, 6.45) is -2.64. The molecule has 0 spiro atoms. The molecule has 1 aromatic rings. The Morgan fingerprint density at radius 1 is 1.29 bits per heavy atom. The number of phosphoric ester groups is 1. The molecule has 2 fully saturated rings. The summed E-state index contributed by atoms with van der Waals surface area (Å²) in [6.45, 7) is 2.97. The van der Waals surface area contributed by atoms with Gasteiger partial charge in [0.2, 0.25) is 0 Å². The molecule has 10 nitrogen and oxygen atoms in total. The fraction of sp³-hybridized carbons (Fsp3) is 0.615. The molecular formula is C13H18N3O7P-2. The minimum atomic E-state index is -5.12. The van der Waals surface area contributed by atoms with Crippen molar-refractivity contribution in [1.29, 1.82) is 0 Å². The third-order valence-corrected chi connectivity index (χ3v) is 4.30. The maximum atomic E-state index is 10.7. The van der Waals surface area contributed by atoms with Crippen LogP contribution in [0.4, 0.5) is 11.6 Å². The summed E-state index contributed by atoms with van der Waals surface area (Å²) in [5.74, 6) is -0.468. The van der Waals surface area contributed by atoms with E-state index in [1.54, 1.807) is 26.0 Å². The van der Waals surface area contributed by atoms with E-state index in [1.807, 2.05) is 0 Å². The summed E-state index contributed by atoms with van der Waals surface area (Å²) in [5, 5.41) is 0. The molecule has 11 heteroatoms. The van der Waals surface area contributed by atoms with Gasteiger partial charge in [0, 0.05) is 5.56 Å². The van der Waals surface area contributed by atoms with Crippen molar-refractivity contribution in [3.63, 3.8) is 0 Å². The second-order valence-electron chi connectivity index (χ2n) is 6.11. The molecule has 0 bridgehead atoms. The van der Waals surface area contributed by atoms with Crippen LogP contribution in [0.2, 0.25) is 0 Å². The smallest absolute Gasteiger partial charge is 0.164 e. The highest BCUT2D eigenvalue weighted by molar-refractivity contribution is 7.43. The SMILES string of the molecule is CC1(C)O[C@@H]2[C@H](O1)[C@@H](COP(=O)([O-])[O-])O[C@H]2c1ccc(N)nc1N. The normalized spacial score (nSPS) is 32.0. The molecule has 0 aromatic carbocycles. The van der Waals surface area contributed by atoms with Gasteiger partial charge in [0.1, 0.15) is 36.1 Å². The van der Waals surface area contributed by atoms with Crippen LogP contribution in [-0.2, 0) is 23.3 Å². The first-order valence-electron chi connectivity index (χ1n) is 7.25. The van der Waals surface area contributed by atoms with E-state index in [2.05, 4.69) is 9.51 Å². The highest BCUT2D eigenvalue weighted by atomic mass is 31.2. The topological polar surface area (TPSA) is 165 Å². The molecule has 2 aliphatic rings. The molecule has 0 aliphatic carbocycles. The molecule has 0 unspecified atom stereocenters. The molecule has 0 radical (unpaired) electrons. The van der Waals surface area contributed by atoms with Gasteiger partial charge in [0.05, 0.1) is 14.4 Å². The summed E-state index contributed by atoms with van der Waals surface area (Å²) >= 11 is 0. The number of ether oxygens (including phenoxy) is 3. The minimum Gasteiger partial charge on any atom is -0.790 e. The average Bonchev–Trinajstić information content (AvgIpc) is 2.90. The molecule has 3 rings (SSSR count). The van der Waals surface area contributed by atoms with Crippen LogP contribution in [-0.4, -0.2) is 35.7 Å². The third kappa shape index (κ3) is 3.55. The molecule has 0 amide bonds. The van der Waals surface area contributed by atoms with E-state index in [1.165, 1.54) is 0 Å². The molecule has 0 saturated carbocycles. The Kier molecular flexibility index (Phi) is 4.33. The van der Waals surface area contributed by atoms with Gasteiger partial charge < -0.3 is 44.6 Å². The number of phosphoric acid groups is 1. The van der Waals surface area contributed by atoms with Gasteiger partial charge in [-0.05, 0) is 26.0 Å². The standard InChI is InChI=1S/C13H20N3O7P/c1-13(2)22-10-7(5-20-24(17,18)19)21-9(11(10)23-13)6-3-4-8(14)16-12(6)15/h3-4,7,9-11H,5H2,1-2H3,(H4,14,15,16)(H2,17,18,19)/p-2/t7-,9+,10-,11+/m1/s1. The lowest BCUT2D eigenvalue weighted by molar-refractivity contribution is -0.343. The molecule has 2 aliphatic heterocycles. The fourth-order valence-electron chi connectivity index (χ4n) is 2.97. The number of nitrogen functional groups attached to an aromatic ring is 2. The Morgan fingerprint density at radius 3 is 2.58 bits per heavy atom. The number of pyridine rings is 1. The predicted molar refractivity (Wildman–Crippen MR) is 78.1 cm³/mol. The molecular weight excluding hydrogens is 341 g/mol. The number of anilines is 2. The van der Waals surface area contributed by atoms with E-state index in [9.17, 15) is 14.4 Å². The summed E-state index contributed by atoms with van der Waals surface area (Å²) in [5.41, 5.74) is 12.0. The second kappa shape index (κ2) is 5.92. The fourth-order valence-corrected chi connectivity index (χ4v) is 3.30. The van der Waals surface area contributed by atoms with E-state index in [-0.39, 0.29) is 11.6 Å². The van der Waals surface area contributed by atoms with Gasteiger partial charge in [-0.3, -0.25) is 0 Å². The van der Waals surface area contributed by atoms with Crippen LogP contribution in [0.25, 0.3) is 0 Å². The van der Waals surface area contributed by atoms with Crippen molar-refractivity contribution in [3.05, 3.63) is 17.7 Å². The molecule has 3 heterocycles. The van der Waals surface area contributed by atoms with E-state index in [0.717, 1.165) is 0 Å². The lowest BCUT2D eigenvalue weighted by Crippen LogP contribution is -2.34. The quantitative estimate of drug-likeness (QED) is 0.640. The number of rotatable bonds is 4. The predicted octanol–water partition coefficient (Wildman–Crippen LogP) is -0.949. The second-order valence-corrected chi connectivity index (χ2v) is 7.27. The Balaban J connectivity index is 1.86. The largest absolute Gasteiger partial charge is 0.790 e. The summed E-state index contributed by atoms with van der Waals surface area (Å²) in [4.78, 5) is 25.4. The van der Waals surface area contributed by atoms with Gasteiger partial charge in [-0.15, -0.1) is 0 Å². The zero-order valence-electron chi connectivity index (χ0n) is 13.1. The summed E-state index contributed by atoms with van der Waals surface area (Å²) < 4.78 is 32.5. The van der Waals surface area contributed by atoms with Crippen LogP contribution in [0.5, 0.6) is 0 Å². The first-order valence-corrected chi connectivity index (χ1v) is 8.71. The highest BCUT2D eigenvalue weighted by Gasteiger charge is 2.56. The van der Waals surface area contributed by atoms with E-state index in [0.29, 0.717) is 5.56 Å². The molecule has 2 saturated heterocycles. The summed E-state index contributed by atoms with van der Waals surface area (Å²) in [6, 6.07) is 3.22. The average molecular weight is 359 g/mol. The van der Waals surface area contributed by atoms with Gasteiger partial charge >= 0.3 is 0 Å². The molecule has 134 valence electrons. The zero-order valence-corrected chi connectivity index (χ0v) is 14.0. The number of fused-ring (bicyclic) bond motifs is 1. The van der Waals surface area contributed by atoms with E-state index < -0.39 is 44.6 Å². The lowest BCUT2D eigenvalue weighted by Gasteiger charge is -2.31. The first kappa shape index (κ1) is 17.6. The zero-order chi connectivity index (χ0) is 17.7. The Bertz CT molecular complexity index is 680. The maximum Gasteiger partial charge on any atom is 0.164 e. The molecule has 1 aromatic heterocycles. The number of nitrogens with zero attached hydrogens (tertiary/aromatic N) is 1. The van der Waals surface area contributed by atoms with Gasteiger partial charge in [0.15, 0.2) is 5.79 Å². The van der Waals surface area contributed by atoms with E-state index in [4.69, 9.17) is 25.7 Å². The van der Waals surface area contributed by atoms with Crippen LogP contribution in [0.1, 0.15) is 25.5 Å². The Morgan fingerprint density at radius 2 is 1.96 bits per heavy atom. The number of nitrogens with two attached hydrogens (primary N) is 2. The summed E-state index contributed by atoms with van der Waals surface area (Å²) in [7, 11) is -5.12. The molecule has 4 atom stereocenters. The van der Waals surface area contributed by atoms with Crippen LogP contribution in [0.3, 0.4) is 0 Å². The van der Waals surface area contributed by atoms with Crippen molar-refractivity contribution in [2.24, 2.45) is 0 Å². The Hall–Kier alpha value is -1.26. The number of aromatic nitrogens is 1. The number of hydrogen-bond acceptors (Lipinski definition) is 10. The maximum absolute atomic E-state index is 10.7. The van der Waals surface area contributed by atoms with Crippen molar-refractivity contribution in [2.45, 2.75) is 44.1 Å². The number of hydrogen-bond donors (Lipinski definition) is 2. The monoisotopic (exact) mass is 359 g/mol. The van der Waals surface area contributed by atoms with Gasteiger partial charge in [-0.25, -0.2) is 4.98 Å². The Labute approximate surface area is 138 Å². The highest BCUT2D eigenvalue weighted by Crippen LogP contribution is 2.46. The van der Waals surface area contributed by atoms with Crippen molar-refractivity contribution in [3.8, 4) is 0 Å². The van der Waals surface area contributed by atoms with Crippen LogP contribution in [0.15, 0.2) is 12.1 Å².